The summed E-state index contributed by atoms with van der Waals surface area (Å²) in [6.07, 6.45) is 3.30. The predicted molar refractivity (Wildman–Crippen MR) is 152 cm³/mol. The largest absolute Gasteiger partial charge is 0.444 e. The number of carbonyl (C=O) groups excluding carboxylic acids is 2. The molecule has 1 aromatic rings. The first-order chi connectivity index (χ1) is 18.8. The summed E-state index contributed by atoms with van der Waals surface area (Å²) >= 11 is 0. The maximum atomic E-state index is 12.5. The number of carbonyl (C=O) groups is 2. The topological polar surface area (TPSA) is 116 Å². The van der Waals surface area contributed by atoms with Crippen molar-refractivity contribution >= 4 is 23.6 Å². The molecule has 0 saturated carbocycles. The summed E-state index contributed by atoms with van der Waals surface area (Å²) in [6, 6.07) is 9.60. The molecule has 2 amide bonds. The van der Waals surface area contributed by atoms with E-state index >= 15 is 0 Å². The number of nitrogens with one attached hydrogen (secondary N) is 1. The summed E-state index contributed by atoms with van der Waals surface area (Å²) in [4.78, 5) is 33.3. The average Bonchev–Trinajstić information content (AvgIpc) is 3.24. The Morgan fingerprint density at radius 1 is 1.23 bits per heavy atom. The minimum atomic E-state index is -0.617. The molecule has 1 aliphatic carbocycles. The van der Waals surface area contributed by atoms with Crippen LogP contribution in [0.3, 0.4) is 0 Å². The number of nitriles is 1. The molecular weight excluding hydrogens is 510 g/mol. The highest BCUT2D eigenvalue weighted by Gasteiger charge is 2.43. The molecule has 10 nitrogen and oxygen atoms in total. The van der Waals surface area contributed by atoms with E-state index in [1.807, 2.05) is 64.9 Å². The summed E-state index contributed by atoms with van der Waals surface area (Å²) in [6.45, 7) is 9.19. The maximum Gasteiger partial charge on any atom is 0.410 e. The van der Waals surface area contributed by atoms with Crippen molar-refractivity contribution < 1.29 is 23.8 Å². The van der Waals surface area contributed by atoms with Crippen LogP contribution in [-0.4, -0.2) is 85.3 Å². The fraction of sp³-hybridized carbons (Fsp3) is 0.533. The van der Waals surface area contributed by atoms with E-state index in [4.69, 9.17) is 19.2 Å². The number of hydrogen-bond donors (Lipinski definition) is 1. The Balaban J connectivity index is 1.29. The van der Waals surface area contributed by atoms with Crippen molar-refractivity contribution in [1.82, 2.24) is 9.80 Å². The molecule has 1 atom stereocenters. The van der Waals surface area contributed by atoms with Crippen LogP contribution in [0.5, 0.6) is 0 Å². The summed E-state index contributed by atoms with van der Waals surface area (Å²) in [7, 11) is 3.95. The standard InChI is InChI=1S/C30H39N5O5/c1-29(2,3)40-28(37)35-13-11-24(12-14-35)38-19-25(36)32-23-9-7-21(8-10-23)27-33-30(4)16-20(17-31)15-22(18-34(5)6)26(30)39-27/h7-10,15,24H,11-14,16,18-19H2,1-6H3,(H,32,36). The Bertz CT molecular complexity index is 1260. The van der Waals surface area contributed by atoms with Crippen LogP contribution >= 0.6 is 0 Å². The number of nitrogens with zero attached hydrogens (tertiary/aromatic N) is 4. The van der Waals surface area contributed by atoms with Crippen LogP contribution in [0.1, 0.15) is 52.5 Å². The fourth-order valence-electron chi connectivity index (χ4n) is 5.00. The van der Waals surface area contributed by atoms with Crippen molar-refractivity contribution in [3.63, 3.8) is 0 Å². The summed E-state index contributed by atoms with van der Waals surface area (Å²) in [5, 5.41) is 12.4. The van der Waals surface area contributed by atoms with Crippen molar-refractivity contribution in [2.45, 2.75) is 64.2 Å². The number of hydrogen-bond acceptors (Lipinski definition) is 8. The smallest absolute Gasteiger partial charge is 0.410 e. The van der Waals surface area contributed by atoms with Gasteiger partial charge in [-0.3, -0.25) is 4.79 Å². The zero-order valence-corrected chi connectivity index (χ0v) is 24.2. The molecule has 40 heavy (non-hydrogen) atoms. The molecule has 0 spiro atoms. The number of amides is 2. The van der Waals surface area contributed by atoms with Crippen LogP contribution in [0.2, 0.25) is 0 Å². The van der Waals surface area contributed by atoms with Crippen LogP contribution in [-0.2, 0) is 19.0 Å². The van der Waals surface area contributed by atoms with Crippen molar-refractivity contribution in [1.29, 1.82) is 5.26 Å². The van der Waals surface area contributed by atoms with Gasteiger partial charge in [0.1, 0.15) is 23.5 Å². The van der Waals surface area contributed by atoms with Gasteiger partial charge in [0.25, 0.3) is 0 Å². The number of fused-ring (bicyclic) bond motifs is 1. The first-order valence-electron chi connectivity index (χ1n) is 13.6. The van der Waals surface area contributed by atoms with Gasteiger partial charge in [-0.25, -0.2) is 9.79 Å². The lowest BCUT2D eigenvalue weighted by Gasteiger charge is -2.33. The van der Waals surface area contributed by atoms with Gasteiger partial charge in [0.2, 0.25) is 11.8 Å². The molecule has 1 saturated heterocycles. The summed E-state index contributed by atoms with van der Waals surface area (Å²) < 4.78 is 17.5. The zero-order valence-electron chi connectivity index (χ0n) is 24.2. The third-order valence-electron chi connectivity index (χ3n) is 6.80. The van der Waals surface area contributed by atoms with E-state index in [0.29, 0.717) is 56.1 Å². The van der Waals surface area contributed by atoms with E-state index < -0.39 is 11.1 Å². The van der Waals surface area contributed by atoms with E-state index in [1.165, 1.54) is 0 Å². The van der Waals surface area contributed by atoms with E-state index in [-0.39, 0.29) is 24.7 Å². The normalized spacial score (nSPS) is 21.3. The molecule has 10 heteroatoms. The number of rotatable bonds is 7. The monoisotopic (exact) mass is 549 g/mol. The molecule has 2 aliphatic heterocycles. The van der Waals surface area contributed by atoms with Gasteiger partial charge in [0.05, 0.1) is 12.2 Å². The van der Waals surface area contributed by atoms with Crippen LogP contribution in [0, 0.1) is 11.3 Å². The van der Waals surface area contributed by atoms with Gasteiger partial charge in [-0.15, -0.1) is 0 Å². The number of ether oxygens (including phenoxy) is 3. The highest BCUT2D eigenvalue weighted by atomic mass is 16.6. The van der Waals surface area contributed by atoms with Gasteiger partial charge in [-0.2, -0.15) is 5.26 Å². The maximum absolute atomic E-state index is 12.5. The van der Waals surface area contributed by atoms with Crippen molar-refractivity contribution in [3.8, 4) is 6.07 Å². The molecule has 1 fully saturated rings. The number of aliphatic imine (C=N–C) groups is 1. The number of likely N-dealkylation sites (N-methyl/N-ethyl adjacent to an activating group) is 1. The minimum Gasteiger partial charge on any atom is -0.444 e. The van der Waals surface area contributed by atoms with Crippen molar-refractivity contribution in [2.24, 2.45) is 4.99 Å². The highest BCUT2D eigenvalue weighted by molar-refractivity contribution is 5.98. The van der Waals surface area contributed by atoms with Crippen molar-refractivity contribution in [3.05, 3.63) is 52.8 Å². The van der Waals surface area contributed by atoms with Gasteiger partial charge >= 0.3 is 6.09 Å². The average molecular weight is 550 g/mol. The third kappa shape index (κ3) is 7.29. The van der Waals surface area contributed by atoms with Crippen LogP contribution in [0.15, 0.2) is 52.2 Å². The Kier molecular flexibility index (Phi) is 8.66. The van der Waals surface area contributed by atoms with Crippen LogP contribution in [0.4, 0.5) is 10.5 Å². The lowest BCUT2D eigenvalue weighted by molar-refractivity contribution is -0.123. The minimum absolute atomic E-state index is 0.0654. The highest BCUT2D eigenvalue weighted by Crippen LogP contribution is 2.42. The Morgan fingerprint density at radius 2 is 1.90 bits per heavy atom. The second-order valence-corrected chi connectivity index (χ2v) is 11.9. The number of benzene rings is 1. The summed E-state index contributed by atoms with van der Waals surface area (Å²) in [5.74, 6) is 1.03. The van der Waals surface area contributed by atoms with Crippen LogP contribution in [0.25, 0.3) is 0 Å². The van der Waals surface area contributed by atoms with Gasteiger partial charge in [0.15, 0.2) is 0 Å². The molecule has 1 unspecified atom stereocenters. The lowest BCUT2D eigenvalue weighted by atomic mass is 9.84. The molecule has 0 radical (unpaired) electrons. The Hall–Kier alpha value is -3.68. The second kappa shape index (κ2) is 11.8. The van der Waals surface area contributed by atoms with Crippen LogP contribution < -0.4 is 5.32 Å². The molecule has 1 aromatic carbocycles. The van der Waals surface area contributed by atoms with Gasteiger partial charge in [-0.1, -0.05) is 0 Å². The number of piperidine rings is 1. The first kappa shape index (κ1) is 29.3. The molecule has 0 aromatic heterocycles. The molecule has 0 bridgehead atoms. The Morgan fingerprint density at radius 3 is 2.50 bits per heavy atom. The Labute approximate surface area is 236 Å². The molecule has 3 aliphatic rings. The summed E-state index contributed by atoms with van der Waals surface area (Å²) in [5.41, 5.74) is 1.92. The fourth-order valence-corrected chi connectivity index (χ4v) is 5.00. The first-order valence-corrected chi connectivity index (χ1v) is 13.6. The van der Waals surface area contributed by atoms with Gasteiger partial charge in [-0.05, 0) is 85.0 Å². The number of likely N-dealkylation sites (tertiary alicyclic amines) is 1. The molecule has 2 heterocycles. The van der Waals surface area contributed by atoms with Gasteiger partial charge < -0.3 is 29.3 Å². The van der Waals surface area contributed by atoms with E-state index in [2.05, 4.69) is 11.4 Å². The molecule has 1 N–H and O–H groups in total. The third-order valence-corrected chi connectivity index (χ3v) is 6.80. The SMILES string of the molecule is CN(C)CC1=C2OC(c3ccc(NC(=O)COC4CCN(C(=O)OC(C)(C)C)CC4)cc3)=NC2(C)CC(C#N)=C1. The second-order valence-electron chi connectivity index (χ2n) is 11.9. The van der Waals surface area contributed by atoms with E-state index in [0.717, 1.165) is 16.9 Å². The molecule has 214 valence electrons. The van der Waals surface area contributed by atoms with Gasteiger partial charge in [0, 0.05) is 48.5 Å². The predicted octanol–water partition coefficient (Wildman–Crippen LogP) is 4.25. The van der Waals surface area contributed by atoms with E-state index in [9.17, 15) is 14.9 Å². The van der Waals surface area contributed by atoms with Crippen molar-refractivity contribution in [2.75, 3.05) is 45.7 Å². The van der Waals surface area contributed by atoms with E-state index in [1.54, 1.807) is 17.0 Å². The zero-order chi connectivity index (χ0) is 29.1. The number of anilines is 1. The quantitative estimate of drug-likeness (QED) is 0.541. The molecular formula is C30H39N5O5. The molecule has 4 rings (SSSR count). The lowest BCUT2D eigenvalue weighted by Crippen LogP contribution is -2.43.